The second-order valence-corrected chi connectivity index (χ2v) is 6.55. The lowest BCUT2D eigenvalue weighted by molar-refractivity contribution is 0.0680. The molecule has 0 aliphatic heterocycles. The molecule has 0 aromatic carbocycles. The molecule has 1 N–H and O–H groups in total. The van der Waals surface area contributed by atoms with E-state index in [1.807, 2.05) is 18.0 Å². The maximum absolute atomic E-state index is 12.7. The molecule has 5 heteroatoms. The fraction of sp³-hybridized carbons (Fsp3) is 0.600. The lowest BCUT2D eigenvalue weighted by Crippen LogP contribution is -2.39. The maximum atomic E-state index is 12.7. The highest BCUT2D eigenvalue weighted by molar-refractivity contribution is 9.10. The number of aromatic nitrogens is 1. The number of halogens is 1. The Morgan fingerprint density at radius 1 is 1.40 bits per heavy atom. The van der Waals surface area contributed by atoms with E-state index in [0.29, 0.717) is 17.4 Å². The molecule has 0 radical (unpaired) electrons. The van der Waals surface area contributed by atoms with Crippen LogP contribution >= 0.6 is 15.9 Å². The second-order valence-electron chi connectivity index (χ2n) is 5.63. The van der Waals surface area contributed by atoms with Crippen molar-refractivity contribution < 1.29 is 4.79 Å². The molecule has 1 fully saturated rings. The lowest BCUT2D eigenvalue weighted by atomic mass is 9.86. The molecular formula is C15H22BrN3O. The molecule has 1 aromatic rings. The molecular weight excluding hydrogens is 318 g/mol. The van der Waals surface area contributed by atoms with Crippen LogP contribution in [0.2, 0.25) is 0 Å². The number of nitrogens with zero attached hydrogens (tertiary/aromatic N) is 2. The van der Waals surface area contributed by atoms with Gasteiger partial charge in [-0.05, 0) is 53.6 Å². The Balaban J connectivity index is 2.16. The molecule has 0 unspecified atom stereocenters. The van der Waals surface area contributed by atoms with Crippen molar-refractivity contribution in [2.24, 2.45) is 5.92 Å². The van der Waals surface area contributed by atoms with Gasteiger partial charge in [-0.15, -0.1) is 0 Å². The Morgan fingerprint density at radius 3 is 2.65 bits per heavy atom. The van der Waals surface area contributed by atoms with Gasteiger partial charge in [-0.2, -0.15) is 0 Å². The third-order valence-corrected chi connectivity index (χ3v) is 4.61. The van der Waals surface area contributed by atoms with Crippen LogP contribution in [0.3, 0.4) is 0 Å². The van der Waals surface area contributed by atoms with E-state index in [-0.39, 0.29) is 5.91 Å². The van der Waals surface area contributed by atoms with E-state index >= 15 is 0 Å². The predicted molar refractivity (Wildman–Crippen MR) is 85.0 cm³/mol. The van der Waals surface area contributed by atoms with E-state index in [4.69, 9.17) is 0 Å². The minimum Gasteiger partial charge on any atom is -0.372 e. The van der Waals surface area contributed by atoms with E-state index in [2.05, 4.69) is 33.2 Å². The average molecular weight is 340 g/mol. The van der Waals surface area contributed by atoms with Crippen LogP contribution in [0, 0.1) is 5.92 Å². The number of anilines is 1. The van der Waals surface area contributed by atoms with Crippen LogP contribution in [0.5, 0.6) is 0 Å². The second kappa shape index (κ2) is 6.57. The molecule has 1 aromatic heterocycles. The van der Waals surface area contributed by atoms with Crippen molar-refractivity contribution in [2.75, 3.05) is 19.4 Å². The van der Waals surface area contributed by atoms with Crippen molar-refractivity contribution in [3.63, 3.8) is 0 Å². The van der Waals surface area contributed by atoms with Crippen molar-refractivity contribution in [1.82, 2.24) is 9.88 Å². The average Bonchev–Trinajstić information content (AvgIpc) is 2.46. The summed E-state index contributed by atoms with van der Waals surface area (Å²) in [6.45, 7) is 2.29. The SMILES string of the molecule is CNc1ncc(Br)cc1C(=O)N(C)C1CCC(C)CC1. The maximum Gasteiger partial charge on any atom is 0.257 e. The van der Waals surface area contributed by atoms with Gasteiger partial charge in [-0.1, -0.05) is 6.92 Å². The summed E-state index contributed by atoms with van der Waals surface area (Å²) in [6.07, 6.45) is 6.31. The normalized spacial score (nSPS) is 22.4. The third-order valence-electron chi connectivity index (χ3n) is 4.17. The number of nitrogens with one attached hydrogen (secondary N) is 1. The van der Waals surface area contributed by atoms with Gasteiger partial charge in [0, 0.05) is 30.8 Å². The molecule has 1 heterocycles. The summed E-state index contributed by atoms with van der Waals surface area (Å²) in [5, 5.41) is 2.99. The Kier molecular flexibility index (Phi) is 5.02. The van der Waals surface area contributed by atoms with Gasteiger partial charge >= 0.3 is 0 Å². The van der Waals surface area contributed by atoms with E-state index in [0.717, 1.165) is 23.2 Å². The zero-order valence-corrected chi connectivity index (χ0v) is 13.9. The zero-order chi connectivity index (χ0) is 14.7. The minimum absolute atomic E-state index is 0.0442. The van der Waals surface area contributed by atoms with Gasteiger partial charge in [0.25, 0.3) is 5.91 Å². The fourth-order valence-electron chi connectivity index (χ4n) is 2.79. The van der Waals surface area contributed by atoms with Gasteiger partial charge in [-0.3, -0.25) is 4.79 Å². The highest BCUT2D eigenvalue weighted by atomic mass is 79.9. The molecule has 1 saturated carbocycles. The molecule has 0 atom stereocenters. The van der Waals surface area contributed by atoms with Crippen LogP contribution in [-0.4, -0.2) is 35.9 Å². The molecule has 1 aliphatic rings. The number of hydrogen-bond donors (Lipinski definition) is 1. The standard InChI is InChI=1S/C15H22BrN3O/c1-10-4-6-12(7-5-10)19(3)15(20)13-8-11(16)9-18-14(13)17-2/h8-10,12H,4-7H2,1-3H3,(H,17,18). The molecule has 1 aliphatic carbocycles. The number of carbonyl (C=O) groups is 1. The van der Waals surface area contributed by atoms with Crippen LogP contribution < -0.4 is 5.32 Å². The van der Waals surface area contributed by atoms with Crippen molar-refractivity contribution >= 4 is 27.7 Å². The largest absolute Gasteiger partial charge is 0.372 e. The predicted octanol–water partition coefficient (Wildman–Crippen LogP) is 3.54. The van der Waals surface area contributed by atoms with E-state index in [9.17, 15) is 4.79 Å². The molecule has 4 nitrogen and oxygen atoms in total. The van der Waals surface area contributed by atoms with Crippen molar-refractivity contribution in [3.8, 4) is 0 Å². The molecule has 1 amide bonds. The Labute approximate surface area is 129 Å². The monoisotopic (exact) mass is 339 g/mol. The lowest BCUT2D eigenvalue weighted by Gasteiger charge is -2.33. The Hall–Kier alpha value is -1.10. The van der Waals surface area contributed by atoms with E-state index in [1.165, 1.54) is 12.8 Å². The van der Waals surface area contributed by atoms with Gasteiger partial charge in [0.1, 0.15) is 5.82 Å². The fourth-order valence-corrected chi connectivity index (χ4v) is 3.12. The highest BCUT2D eigenvalue weighted by Gasteiger charge is 2.26. The van der Waals surface area contributed by atoms with Gasteiger partial charge in [-0.25, -0.2) is 4.98 Å². The smallest absolute Gasteiger partial charge is 0.257 e. The van der Waals surface area contributed by atoms with Crippen LogP contribution in [0.25, 0.3) is 0 Å². The molecule has 0 bridgehead atoms. The van der Waals surface area contributed by atoms with Crippen molar-refractivity contribution in [1.29, 1.82) is 0 Å². The summed E-state index contributed by atoms with van der Waals surface area (Å²) >= 11 is 3.39. The Bertz CT molecular complexity index is 484. The number of hydrogen-bond acceptors (Lipinski definition) is 3. The van der Waals surface area contributed by atoms with Gasteiger partial charge in [0.15, 0.2) is 0 Å². The van der Waals surface area contributed by atoms with Crippen LogP contribution in [-0.2, 0) is 0 Å². The topological polar surface area (TPSA) is 45.2 Å². The minimum atomic E-state index is 0.0442. The van der Waals surface area contributed by atoms with E-state index in [1.54, 1.807) is 13.2 Å². The van der Waals surface area contributed by atoms with E-state index < -0.39 is 0 Å². The molecule has 20 heavy (non-hydrogen) atoms. The summed E-state index contributed by atoms with van der Waals surface area (Å²) < 4.78 is 0.825. The van der Waals surface area contributed by atoms with Gasteiger partial charge < -0.3 is 10.2 Å². The first-order chi connectivity index (χ1) is 9.52. The molecule has 2 rings (SSSR count). The number of rotatable bonds is 3. The number of amides is 1. The Morgan fingerprint density at radius 2 is 2.05 bits per heavy atom. The van der Waals surface area contributed by atoms with Gasteiger partial charge in [0.2, 0.25) is 0 Å². The number of carbonyl (C=O) groups excluding carboxylic acids is 1. The first-order valence-electron chi connectivity index (χ1n) is 7.13. The summed E-state index contributed by atoms with van der Waals surface area (Å²) in [6, 6.07) is 2.19. The third kappa shape index (κ3) is 3.32. The van der Waals surface area contributed by atoms with Gasteiger partial charge in [0.05, 0.1) is 5.56 Å². The van der Waals surface area contributed by atoms with Crippen LogP contribution in [0.1, 0.15) is 43.0 Å². The first kappa shape index (κ1) is 15.3. The van der Waals surface area contributed by atoms with Crippen molar-refractivity contribution in [3.05, 3.63) is 22.3 Å². The highest BCUT2D eigenvalue weighted by Crippen LogP contribution is 2.28. The van der Waals surface area contributed by atoms with Crippen molar-refractivity contribution in [2.45, 2.75) is 38.6 Å². The summed E-state index contributed by atoms with van der Waals surface area (Å²) in [7, 11) is 3.69. The zero-order valence-electron chi connectivity index (χ0n) is 12.3. The quantitative estimate of drug-likeness (QED) is 0.915. The molecule has 0 spiro atoms. The number of pyridine rings is 1. The molecule has 110 valence electrons. The summed E-state index contributed by atoms with van der Waals surface area (Å²) in [5.74, 6) is 1.46. The first-order valence-corrected chi connectivity index (χ1v) is 7.92. The van der Waals surface area contributed by atoms with Crippen LogP contribution in [0.15, 0.2) is 16.7 Å². The summed E-state index contributed by atoms with van der Waals surface area (Å²) in [5.41, 5.74) is 0.628. The molecule has 0 saturated heterocycles. The van der Waals surface area contributed by atoms with Crippen LogP contribution in [0.4, 0.5) is 5.82 Å². The summed E-state index contributed by atoms with van der Waals surface area (Å²) in [4.78, 5) is 18.8.